The van der Waals surface area contributed by atoms with Crippen molar-refractivity contribution in [3.8, 4) is 0 Å². The molecule has 1 aromatic heterocycles. The van der Waals surface area contributed by atoms with Gasteiger partial charge in [-0.1, -0.05) is 13.0 Å². The maximum atomic E-state index is 9.93. The van der Waals surface area contributed by atoms with Gasteiger partial charge in [-0.3, -0.25) is 0 Å². The number of nitrogen functional groups attached to an aromatic ring is 1. The van der Waals surface area contributed by atoms with Crippen LogP contribution in [0.2, 0.25) is 0 Å². The molecule has 0 unspecified atom stereocenters. The zero-order valence-electron chi connectivity index (χ0n) is 10.2. The van der Waals surface area contributed by atoms with Crippen LogP contribution in [0, 0.1) is 0 Å². The van der Waals surface area contributed by atoms with Crippen LogP contribution in [-0.2, 0) is 0 Å². The highest BCUT2D eigenvalue weighted by Gasteiger charge is 2.16. The third-order valence-electron chi connectivity index (χ3n) is 2.85. The fourth-order valence-electron chi connectivity index (χ4n) is 1.23. The second-order valence-electron chi connectivity index (χ2n) is 4.65. The molecule has 0 aliphatic heterocycles. The second-order valence-corrected chi connectivity index (χ2v) is 4.65. The van der Waals surface area contributed by atoms with E-state index >= 15 is 0 Å². The molecule has 1 atom stereocenters. The number of anilines is 1. The molecular weight excluding hydrogens is 202 g/mol. The lowest BCUT2D eigenvalue weighted by atomic mass is 10.0. The van der Waals surface area contributed by atoms with Crippen LogP contribution in [0.25, 0.3) is 0 Å². The molecule has 0 aromatic carbocycles. The molecule has 0 bridgehead atoms. The summed E-state index contributed by atoms with van der Waals surface area (Å²) < 4.78 is 0. The number of aromatic nitrogens is 1. The van der Waals surface area contributed by atoms with Crippen molar-refractivity contribution in [1.82, 2.24) is 10.3 Å². The molecule has 0 amide bonds. The van der Waals surface area contributed by atoms with Gasteiger partial charge in [0.1, 0.15) is 5.82 Å². The molecule has 4 heteroatoms. The predicted molar refractivity (Wildman–Crippen MR) is 66.0 cm³/mol. The standard InChI is InChI=1S/C12H21N3O/c1-4-12(2,3)15-8-10(16)9-5-6-11(13)14-7-9/h5-7,10,15-16H,4,8H2,1-3H3,(H2,13,14)/t10-/m0/s1. The molecule has 0 saturated carbocycles. The van der Waals surface area contributed by atoms with E-state index in [0.29, 0.717) is 12.4 Å². The summed E-state index contributed by atoms with van der Waals surface area (Å²) in [5, 5.41) is 13.2. The van der Waals surface area contributed by atoms with Crippen LogP contribution in [0.5, 0.6) is 0 Å². The number of pyridine rings is 1. The molecule has 0 spiro atoms. The smallest absolute Gasteiger partial charge is 0.123 e. The van der Waals surface area contributed by atoms with E-state index in [1.807, 2.05) is 0 Å². The van der Waals surface area contributed by atoms with E-state index in [4.69, 9.17) is 5.73 Å². The van der Waals surface area contributed by atoms with Crippen molar-refractivity contribution in [2.45, 2.75) is 38.8 Å². The monoisotopic (exact) mass is 223 g/mol. The average molecular weight is 223 g/mol. The summed E-state index contributed by atoms with van der Waals surface area (Å²) >= 11 is 0. The van der Waals surface area contributed by atoms with E-state index in [-0.39, 0.29) is 5.54 Å². The summed E-state index contributed by atoms with van der Waals surface area (Å²) in [6.07, 6.45) is 2.08. The van der Waals surface area contributed by atoms with Crippen molar-refractivity contribution in [2.75, 3.05) is 12.3 Å². The molecule has 90 valence electrons. The van der Waals surface area contributed by atoms with E-state index < -0.39 is 6.10 Å². The number of β-amino-alcohol motifs (C(OH)–C–C–N with tert-alkyl or cyclic N) is 1. The van der Waals surface area contributed by atoms with Gasteiger partial charge in [-0.15, -0.1) is 0 Å². The molecule has 0 aliphatic carbocycles. The van der Waals surface area contributed by atoms with Gasteiger partial charge in [0.05, 0.1) is 6.10 Å². The first-order valence-electron chi connectivity index (χ1n) is 5.59. The van der Waals surface area contributed by atoms with Crippen molar-refractivity contribution in [2.24, 2.45) is 0 Å². The molecule has 1 rings (SSSR count). The first kappa shape index (κ1) is 12.9. The lowest BCUT2D eigenvalue weighted by Crippen LogP contribution is -2.40. The fraction of sp³-hybridized carbons (Fsp3) is 0.583. The lowest BCUT2D eigenvalue weighted by molar-refractivity contribution is 0.160. The molecule has 0 aliphatic rings. The summed E-state index contributed by atoms with van der Waals surface area (Å²) in [5.74, 6) is 0.470. The molecule has 4 nitrogen and oxygen atoms in total. The van der Waals surface area contributed by atoms with Gasteiger partial charge in [0, 0.05) is 23.8 Å². The van der Waals surface area contributed by atoms with Gasteiger partial charge in [0.15, 0.2) is 0 Å². The Bertz CT molecular complexity index is 322. The van der Waals surface area contributed by atoms with Crippen molar-refractivity contribution in [3.05, 3.63) is 23.9 Å². The third kappa shape index (κ3) is 3.79. The quantitative estimate of drug-likeness (QED) is 0.707. The summed E-state index contributed by atoms with van der Waals surface area (Å²) in [6.45, 7) is 6.86. The van der Waals surface area contributed by atoms with E-state index in [1.54, 1.807) is 18.3 Å². The maximum absolute atomic E-state index is 9.93. The van der Waals surface area contributed by atoms with Gasteiger partial charge < -0.3 is 16.2 Å². The molecular formula is C12H21N3O. The van der Waals surface area contributed by atoms with Crippen molar-refractivity contribution < 1.29 is 5.11 Å². The summed E-state index contributed by atoms with van der Waals surface area (Å²) in [7, 11) is 0. The second kappa shape index (κ2) is 5.27. The van der Waals surface area contributed by atoms with Gasteiger partial charge in [-0.25, -0.2) is 4.98 Å². The number of aliphatic hydroxyl groups is 1. The molecule has 1 aromatic rings. The number of aliphatic hydroxyl groups excluding tert-OH is 1. The van der Waals surface area contributed by atoms with Gasteiger partial charge in [0.2, 0.25) is 0 Å². The van der Waals surface area contributed by atoms with Crippen molar-refractivity contribution in [1.29, 1.82) is 0 Å². The molecule has 0 radical (unpaired) electrons. The number of nitrogens with one attached hydrogen (secondary N) is 1. The molecule has 16 heavy (non-hydrogen) atoms. The topological polar surface area (TPSA) is 71.2 Å². The average Bonchev–Trinajstić information content (AvgIpc) is 2.27. The number of nitrogens with zero attached hydrogens (tertiary/aromatic N) is 1. The molecule has 1 heterocycles. The molecule has 4 N–H and O–H groups in total. The summed E-state index contributed by atoms with van der Waals surface area (Å²) in [4.78, 5) is 3.95. The number of hydrogen-bond donors (Lipinski definition) is 3. The molecule has 0 saturated heterocycles. The Kier molecular flexibility index (Phi) is 4.26. The maximum Gasteiger partial charge on any atom is 0.123 e. The van der Waals surface area contributed by atoms with Crippen molar-refractivity contribution >= 4 is 5.82 Å². The Morgan fingerprint density at radius 3 is 2.69 bits per heavy atom. The van der Waals surface area contributed by atoms with Crippen LogP contribution >= 0.6 is 0 Å². The Morgan fingerprint density at radius 2 is 2.19 bits per heavy atom. The molecule has 0 fully saturated rings. The van der Waals surface area contributed by atoms with Crippen LogP contribution in [-0.4, -0.2) is 22.2 Å². The SMILES string of the molecule is CCC(C)(C)NC[C@H](O)c1ccc(N)nc1. The van der Waals surface area contributed by atoms with Crippen LogP contribution < -0.4 is 11.1 Å². The largest absolute Gasteiger partial charge is 0.387 e. The van der Waals surface area contributed by atoms with Crippen LogP contribution in [0.3, 0.4) is 0 Å². The highest BCUT2D eigenvalue weighted by atomic mass is 16.3. The minimum absolute atomic E-state index is 0.0439. The van der Waals surface area contributed by atoms with Gasteiger partial charge in [-0.05, 0) is 26.3 Å². The zero-order chi connectivity index (χ0) is 12.2. The highest BCUT2D eigenvalue weighted by molar-refractivity contribution is 5.30. The van der Waals surface area contributed by atoms with Gasteiger partial charge in [-0.2, -0.15) is 0 Å². The normalized spacial score (nSPS) is 13.8. The Labute approximate surface area is 96.9 Å². The number of nitrogens with two attached hydrogens (primary N) is 1. The van der Waals surface area contributed by atoms with Crippen LogP contribution in [0.15, 0.2) is 18.3 Å². The first-order valence-corrected chi connectivity index (χ1v) is 5.59. The summed E-state index contributed by atoms with van der Waals surface area (Å²) in [6, 6.07) is 3.50. The number of hydrogen-bond acceptors (Lipinski definition) is 4. The van der Waals surface area contributed by atoms with E-state index in [9.17, 15) is 5.11 Å². The van der Waals surface area contributed by atoms with E-state index in [2.05, 4.69) is 31.1 Å². The lowest BCUT2D eigenvalue weighted by Gasteiger charge is -2.26. The zero-order valence-corrected chi connectivity index (χ0v) is 10.2. The van der Waals surface area contributed by atoms with Crippen molar-refractivity contribution in [3.63, 3.8) is 0 Å². The van der Waals surface area contributed by atoms with E-state index in [1.165, 1.54) is 0 Å². The van der Waals surface area contributed by atoms with Gasteiger partial charge >= 0.3 is 0 Å². The van der Waals surface area contributed by atoms with Crippen LogP contribution in [0.1, 0.15) is 38.9 Å². The minimum atomic E-state index is -0.543. The Hall–Kier alpha value is -1.13. The first-order chi connectivity index (χ1) is 7.44. The Morgan fingerprint density at radius 1 is 1.50 bits per heavy atom. The predicted octanol–water partition coefficient (Wildman–Crippen LogP) is 1.48. The van der Waals surface area contributed by atoms with E-state index in [0.717, 1.165) is 12.0 Å². The third-order valence-corrected chi connectivity index (χ3v) is 2.85. The summed E-state index contributed by atoms with van der Waals surface area (Å²) in [5.41, 5.74) is 6.31. The minimum Gasteiger partial charge on any atom is -0.387 e. The van der Waals surface area contributed by atoms with Gasteiger partial charge in [0.25, 0.3) is 0 Å². The fourth-order valence-corrected chi connectivity index (χ4v) is 1.23. The highest BCUT2D eigenvalue weighted by Crippen LogP contribution is 2.14. The van der Waals surface area contributed by atoms with Crippen LogP contribution in [0.4, 0.5) is 5.82 Å². The number of rotatable bonds is 5. The Balaban J connectivity index is 2.53.